The quantitative estimate of drug-likeness (QED) is 0.0143. The number of aryl methyl sites for hydroxylation is 5. The molecule has 10 aromatic rings. The standard InChI is InChI=1S/C19H30N5O9P.C18H28N5O8P.C15H21N5O5.C14H20N5O8P.C14H19N5O5.4CH4/c1-3-30-5-4-6-32-34(28,29)9-31-8-12-14(25)15(26)19(33-12)24-7-11(17(21)27)13-16(20)22-10(2)23-18(13)24;1-4-29-32(27,30-5-2)8-28-7-11-13(24)14(25)18(31-11)23-6-10(16(20)26)12-15(19)21-9(3)22-17(12)23;1-2-3-8-18-12(16)9-6(13(17)24)4-20(14(9)19-8)15-11(23)10(22)7(5-21)25-15;1-5-17-11(15)8-6(12(16)22)2-19(13(8)18-5)14-10(21)9(20)7(27-14)3-26-4-28(23,24)25;1-2-7-17-11(15)8-5(12(16)23)3-19(13(8)18-7)14-10(22)9(21)6(4-20)24-14;;;;/h7,12,14-15,19,25-26H,3-6,8-9H2,1-2H3,(H2,21,27)(H,28,29)(H2,20,22,23);6,11,13-14,18,24-25H,4-5,7-8H2,1-3H3,(H2,20,26)(H2,19,21,22);4,7,10-11,15,21-23H,2-3,5H2,1H3,(H2,17,24)(H2,16,18,19);2,7,9-10,14,20-21H,3-4H2,1H3,(H2,16,22)(H2,15,17,18)(H2,23,24,25);3,6,9-10,14,20-22H,2,4H2,1H3,(H2,16,23)(H2,15,17,18);4*1H4. The highest BCUT2D eigenvalue weighted by atomic mass is 31.2. The highest BCUT2D eigenvalue weighted by molar-refractivity contribution is 7.53. The molecule has 60 nitrogen and oxygen atoms in total. The third-order valence-corrected chi connectivity index (χ3v) is 26.1. The highest BCUT2D eigenvalue weighted by Crippen LogP contribution is 2.49. The Labute approximate surface area is 839 Å². The molecule has 10 aromatic heterocycles. The van der Waals surface area contributed by atoms with Gasteiger partial charge in [0.1, 0.15) is 197 Å². The third-order valence-electron chi connectivity index (χ3n) is 22.7. The van der Waals surface area contributed by atoms with Crippen molar-refractivity contribution < 1.29 is 170 Å². The summed E-state index contributed by atoms with van der Waals surface area (Å²) in [5.41, 5.74) is 58.2. The Morgan fingerprint density at radius 1 is 0.354 bits per heavy atom. The van der Waals surface area contributed by atoms with Gasteiger partial charge in [-0.25, -0.2) is 49.8 Å². The molecule has 15 rings (SSSR count). The molecule has 35 N–H and O–H groups in total. The van der Waals surface area contributed by atoms with E-state index in [9.17, 15) is 104 Å². The number of nitrogen functional groups attached to an aromatic ring is 5. The van der Waals surface area contributed by atoms with E-state index in [0.717, 1.165) is 6.42 Å². The van der Waals surface area contributed by atoms with E-state index in [2.05, 4.69) is 49.8 Å². The molecule has 5 saturated heterocycles. The normalized spacial score (nSPS) is 24.6. The summed E-state index contributed by atoms with van der Waals surface area (Å²) in [5, 5.41) is 123. The molecular weight excluding hydrogens is 2010 g/mol. The Morgan fingerprint density at radius 2 is 0.626 bits per heavy atom. The van der Waals surface area contributed by atoms with E-state index in [1.54, 1.807) is 34.6 Å². The minimum absolute atomic E-state index is 0. The number of aliphatic hydroxyl groups is 12. The van der Waals surface area contributed by atoms with E-state index in [1.165, 1.54) is 53.8 Å². The lowest BCUT2D eigenvalue weighted by molar-refractivity contribution is -0.0616. The molecule has 5 fully saturated rings. The monoisotopic (exact) mass is 2150 g/mol. The van der Waals surface area contributed by atoms with Gasteiger partial charge >= 0.3 is 22.8 Å². The zero-order valence-electron chi connectivity index (χ0n) is 78.2. The number of nitrogens with two attached hydrogens (primary N) is 10. The van der Waals surface area contributed by atoms with Gasteiger partial charge in [-0.1, -0.05) is 43.6 Å². The van der Waals surface area contributed by atoms with Crippen molar-refractivity contribution in [2.75, 3.05) is 114 Å². The van der Waals surface area contributed by atoms with Crippen molar-refractivity contribution in [2.24, 2.45) is 28.7 Å². The topological polar surface area (TPSA) is 965 Å². The summed E-state index contributed by atoms with van der Waals surface area (Å²) >= 11 is 0. The van der Waals surface area contributed by atoms with E-state index < -0.39 is 201 Å². The first-order valence-electron chi connectivity index (χ1n) is 44.2. The van der Waals surface area contributed by atoms with Crippen LogP contribution in [0.1, 0.15) is 189 Å². The first-order valence-corrected chi connectivity index (χ1v) is 49.5. The average molecular weight is 2150 g/mol. The number of fused-ring (bicyclic) bond motifs is 5. The van der Waals surface area contributed by atoms with Gasteiger partial charge in [-0.05, 0) is 54.4 Å². The molecule has 5 aliphatic rings. The summed E-state index contributed by atoms with van der Waals surface area (Å²) in [6.07, 6.45) is -17.0. The molecule has 5 amide bonds. The van der Waals surface area contributed by atoms with Crippen LogP contribution < -0.4 is 57.3 Å². The number of ether oxygens (including phenoxy) is 9. The lowest BCUT2D eigenvalue weighted by Crippen LogP contribution is -2.34. The molecule has 147 heavy (non-hydrogen) atoms. The Bertz CT molecular complexity index is 6380. The number of anilines is 5. The summed E-state index contributed by atoms with van der Waals surface area (Å²) < 4.78 is 106. The van der Waals surface area contributed by atoms with Gasteiger partial charge in [-0.2, -0.15) is 0 Å². The van der Waals surface area contributed by atoms with E-state index in [-0.39, 0.29) is 188 Å². The second kappa shape index (κ2) is 52.0. The minimum Gasteiger partial charge on any atom is -0.394 e. The zero-order valence-corrected chi connectivity index (χ0v) is 80.8. The predicted molar refractivity (Wildman–Crippen MR) is 523 cm³/mol. The molecule has 0 aliphatic carbocycles. The van der Waals surface area contributed by atoms with Crippen LogP contribution in [0.15, 0.2) is 31.0 Å². The second-order valence-corrected chi connectivity index (χ2v) is 38.3. The van der Waals surface area contributed by atoms with Gasteiger partial charge in [-0.15, -0.1) is 0 Å². The lowest BCUT2D eigenvalue weighted by Gasteiger charge is -2.19. The van der Waals surface area contributed by atoms with Gasteiger partial charge in [0.25, 0.3) is 29.5 Å². The number of hydrogen-bond donors (Lipinski definition) is 25. The molecule has 5 aliphatic heterocycles. The molecular formula is C84H134N25O35P3. The Balaban J connectivity index is 0.000000248. The summed E-state index contributed by atoms with van der Waals surface area (Å²) in [5.74, 6) is -1.62. The van der Waals surface area contributed by atoms with Crippen LogP contribution in [-0.2, 0) is 82.7 Å². The van der Waals surface area contributed by atoms with E-state index in [4.69, 9.17) is 123 Å². The molecule has 21 unspecified atom stereocenters. The molecule has 0 radical (unpaired) electrons. The van der Waals surface area contributed by atoms with Gasteiger partial charge in [0.15, 0.2) is 31.1 Å². The van der Waals surface area contributed by atoms with Gasteiger partial charge in [-0.3, -0.25) is 37.7 Å². The summed E-state index contributed by atoms with van der Waals surface area (Å²) in [6, 6.07) is 0. The largest absolute Gasteiger partial charge is 0.394 e. The van der Waals surface area contributed by atoms with Gasteiger partial charge in [0.2, 0.25) is 0 Å². The number of carbonyl (C=O) groups is 5. The number of amides is 5. The first kappa shape index (κ1) is 123. The molecule has 15 heterocycles. The Hall–Kier alpha value is -10.9. The summed E-state index contributed by atoms with van der Waals surface area (Å²) in [7, 11) is -11.9. The van der Waals surface area contributed by atoms with Crippen LogP contribution >= 0.6 is 22.8 Å². The number of nitrogens with zero attached hydrogens (tertiary/aromatic N) is 15. The van der Waals surface area contributed by atoms with Crippen molar-refractivity contribution in [1.29, 1.82) is 0 Å². The van der Waals surface area contributed by atoms with Crippen molar-refractivity contribution in [3.05, 3.63) is 87.9 Å². The molecule has 63 heteroatoms. The summed E-state index contributed by atoms with van der Waals surface area (Å²) in [4.78, 5) is 129. The SMILES string of the molecule is C.C.C.C.CCCc1nc(N)c2c(C(N)=O)cn(C3OC(CO)C(O)C3O)c2n1.CCOCCCOP(=O)(O)COCC1OC(n2cc(C(N)=O)c3c(N)nc(C)nc32)C(O)C1O.CCOP(=O)(COCC1OC(n2cc(C(N)=O)c3c(N)nc(C)nc32)C(O)C1O)OCC.CCc1nc(N)c2c(C(N)=O)cn(C3OC(CO)C(O)C3O)c2n1.Cc1nc(N)c2c(C(N)=O)cn(C3OC(COCP(=O)(O)O)C(O)C3O)c2n1. The smallest absolute Gasteiger partial charge is 0.356 e. The fourth-order valence-corrected chi connectivity index (χ4v) is 18.6. The van der Waals surface area contributed by atoms with Crippen LogP contribution in [0, 0.1) is 20.8 Å². The van der Waals surface area contributed by atoms with Crippen molar-refractivity contribution in [3.8, 4) is 0 Å². The molecule has 0 aromatic carbocycles. The van der Waals surface area contributed by atoms with Crippen molar-refractivity contribution in [1.82, 2.24) is 72.7 Å². The van der Waals surface area contributed by atoms with Crippen molar-refractivity contribution >= 4 is 137 Å². The lowest BCUT2D eigenvalue weighted by atomic mass is 10.1. The maximum absolute atomic E-state index is 12.5. The van der Waals surface area contributed by atoms with Crippen LogP contribution in [-0.4, -0.2) is 355 Å². The maximum Gasteiger partial charge on any atom is 0.356 e. The van der Waals surface area contributed by atoms with Gasteiger partial charge in [0, 0.05) is 57.0 Å². The molecule has 0 spiro atoms. The number of carbonyl (C=O) groups excluding carboxylic acids is 5. The second-order valence-electron chi connectivity index (χ2n) is 32.9. The van der Waals surface area contributed by atoms with Crippen LogP contribution in [0.4, 0.5) is 29.1 Å². The average Bonchev–Trinajstić information content (AvgIpc) is 1.62. The van der Waals surface area contributed by atoms with Gasteiger partial charge < -0.3 is 212 Å². The van der Waals surface area contributed by atoms with E-state index in [0.29, 0.717) is 61.6 Å². The van der Waals surface area contributed by atoms with Gasteiger partial charge in [0.05, 0.1) is 108 Å². The summed E-state index contributed by atoms with van der Waals surface area (Å²) in [6.45, 7) is 13.3. The van der Waals surface area contributed by atoms with E-state index >= 15 is 0 Å². The van der Waals surface area contributed by atoms with E-state index in [1.807, 2.05) is 20.8 Å². The zero-order chi connectivity index (χ0) is 105. The molecule has 0 bridgehead atoms. The maximum atomic E-state index is 12.5. The predicted octanol–water partition coefficient (Wildman–Crippen LogP) is -2.38. The third kappa shape index (κ3) is 27.5. The van der Waals surface area contributed by atoms with Crippen molar-refractivity contribution in [2.45, 2.75) is 233 Å². The van der Waals surface area contributed by atoms with Crippen LogP contribution in [0.3, 0.4) is 0 Å². The van der Waals surface area contributed by atoms with Crippen molar-refractivity contribution in [3.63, 3.8) is 0 Å². The molecule has 820 valence electrons. The number of rotatable bonds is 37. The molecule has 21 atom stereocenters. The van der Waals surface area contributed by atoms with Crippen LogP contribution in [0.2, 0.25) is 0 Å². The fraction of sp³-hybridized carbons (Fsp3) is 0.583. The number of hydrogen-bond acceptors (Lipinski definition) is 47. The number of aromatic nitrogens is 15. The minimum atomic E-state index is -4.39. The highest BCUT2D eigenvalue weighted by Gasteiger charge is 2.51. The Morgan fingerprint density at radius 3 is 0.898 bits per heavy atom. The number of aliphatic hydroxyl groups excluding tert-OH is 12. The first-order chi connectivity index (χ1) is 67.4. The Kier molecular flexibility index (Phi) is 43.5. The molecule has 0 saturated carbocycles. The number of primary amides is 5. The van der Waals surface area contributed by atoms with Crippen LogP contribution in [0.25, 0.3) is 55.2 Å². The fourth-order valence-electron chi connectivity index (χ4n) is 16.1. The van der Waals surface area contributed by atoms with Crippen LogP contribution in [0.5, 0.6) is 0 Å².